The number of hydrogen-bond donors (Lipinski definition) is 0. The fourth-order valence-corrected chi connectivity index (χ4v) is 3.79. The van der Waals surface area contributed by atoms with Crippen LogP contribution in [0.3, 0.4) is 0 Å². The molecule has 2 bridgehead atoms. The molecule has 2 unspecified atom stereocenters. The highest BCUT2D eigenvalue weighted by Gasteiger charge is 2.42. The van der Waals surface area contributed by atoms with Gasteiger partial charge in [-0.3, -0.25) is 4.90 Å². The highest BCUT2D eigenvalue weighted by atomic mass is 15.4. The lowest BCUT2D eigenvalue weighted by atomic mass is 9.96. The Kier molecular flexibility index (Phi) is 2.61. The zero-order valence-corrected chi connectivity index (χ0v) is 12.1. The Bertz CT molecular complexity index is 649. The first-order valence-electron chi connectivity index (χ1n) is 7.41. The van der Waals surface area contributed by atoms with Gasteiger partial charge in [0.15, 0.2) is 0 Å². The minimum Gasteiger partial charge on any atom is -0.347 e. The van der Waals surface area contributed by atoms with Crippen LogP contribution in [-0.2, 0) is 6.54 Å². The van der Waals surface area contributed by atoms with Gasteiger partial charge >= 0.3 is 0 Å². The largest absolute Gasteiger partial charge is 0.347 e. The standard InChI is InChI=1S/C18H20N2/c1-13-7-3-6-10-17(13)20-14(2)19-11-15-8-4-5-9-16(15)18(20)12-19/h3-10,14,18H,11-12H2,1-2H3/t14-,18?/m0/s1. The number of hydrogen-bond acceptors (Lipinski definition) is 2. The third-order valence-electron chi connectivity index (χ3n) is 4.86. The minimum absolute atomic E-state index is 0.466. The van der Waals surface area contributed by atoms with Crippen LogP contribution in [0.15, 0.2) is 48.5 Å². The number of benzene rings is 2. The van der Waals surface area contributed by atoms with E-state index in [-0.39, 0.29) is 0 Å². The first-order chi connectivity index (χ1) is 9.75. The van der Waals surface area contributed by atoms with Gasteiger partial charge in [0.05, 0.1) is 12.2 Å². The molecular formula is C18H20N2. The first kappa shape index (κ1) is 12.0. The van der Waals surface area contributed by atoms with Crippen LogP contribution in [0, 0.1) is 6.92 Å². The molecule has 2 aliphatic rings. The summed E-state index contributed by atoms with van der Waals surface area (Å²) in [5.41, 5.74) is 5.75. The topological polar surface area (TPSA) is 6.48 Å². The molecule has 0 aliphatic carbocycles. The second-order valence-electron chi connectivity index (χ2n) is 5.97. The maximum atomic E-state index is 2.60. The third-order valence-corrected chi connectivity index (χ3v) is 4.86. The van der Waals surface area contributed by atoms with E-state index in [0.29, 0.717) is 12.2 Å². The Morgan fingerprint density at radius 3 is 2.60 bits per heavy atom. The molecule has 0 amide bonds. The predicted molar refractivity (Wildman–Crippen MR) is 82.7 cm³/mol. The second kappa shape index (κ2) is 4.35. The monoisotopic (exact) mass is 264 g/mol. The molecule has 2 aromatic carbocycles. The van der Waals surface area contributed by atoms with Crippen molar-refractivity contribution >= 4 is 5.69 Å². The van der Waals surface area contributed by atoms with E-state index in [1.807, 2.05) is 0 Å². The maximum Gasteiger partial charge on any atom is 0.0803 e. The Hall–Kier alpha value is -1.80. The van der Waals surface area contributed by atoms with Crippen molar-refractivity contribution in [3.8, 4) is 0 Å². The van der Waals surface area contributed by atoms with E-state index in [1.54, 1.807) is 0 Å². The number of fused-ring (bicyclic) bond motifs is 4. The first-order valence-corrected chi connectivity index (χ1v) is 7.41. The number of rotatable bonds is 1. The number of nitrogens with zero attached hydrogens (tertiary/aromatic N) is 2. The molecule has 0 radical (unpaired) electrons. The summed E-state index contributed by atoms with van der Waals surface area (Å²) in [6.07, 6.45) is 0.466. The van der Waals surface area contributed by atoms with Crippen molar-refractivity contribution in [3.63, 3.8) is 0 Å². The summed E-state index contributed by atoms with van der Waals surface area (Å²) in [7, 11) is 0. The molecular weight excluding hydrogens is 244 g/mol. The van der Waals surface area contributed by atoms with Crippen LogP contribution in [0.4, 0.5) is 5.69 Å². The van der Waals surface area contributed by atoms with Crippen LogP contribution >= 0.6 is 0 Å². The molecule has 102 valence electrons. The van der Waals surface area contributed by atoms with Gasteiger partial charge < -0.3 is 4.90 Å². The van der Waals surface area contributed by atoms with Gasteiger partial charge in [0.2, 0.25) is 0 Å². The predicted octanol–water partition coefficient (Wildman–Crippen LogP) is 3.72. The van der Waals surface area contributed by atoms with E-state index in [4.69, 9.17) is 0 Å². The van der Waals surface area contributed by atoms with E-state index < -0.39 is 0 Å². The lowest BCUT2D eigenvalue weighted by Gasteiger charge is -2.31. The van der Waals surface area contributed by atoms with Crippen molar-refractivity contribution in [2.75, 3.05) is 11.4 Å². The molecule has 2 aliphatic heterocycles. The summed E-state index contributed by atoms with van der Waals surface area (Å²) in [4.78, 5) is 5.18. The van der Waals surface area contributed by atoms with Crippen LogP contribution in [0.1, 0.15) is 29.7 Å². The zero-order valence-electron chi connectivity index (χ0n) is 12.1. The lowest BCUT2D eigenvalue weighted by Crippen LogP contribution is -2.35. The smallest absolute Gasteiger partial charge is 0.0803 e. The van der Waals surface area contributed by atoms with Crippen LogP contribution < -0.4 is 4.90 Å². The van der Waals surface area contributed by atoms with Crippen molar-refractivity contribution in [1.29, 1.82) is 0 Å². The molecule has 20 heavy (non-hydrogen) atoms. The molecule has 3 atom stereocenters. The van der Waals surface area contributed by atoms with Crippen LogP contribution in [0.25, 0.3) is 0 Å². The summed E-state index contributed by atoms with van der Waals surface area (Å²) in [5, 5.41) is 0. The van der Waals surface area contributed by atoms with Gasteiger partial charge in [-0.1, -0.05) is 42.5 Å². The molecule has 0 N–H and O–H groups in total. The van der Waals surface area contributed by atoms with Crippen LogP contribution in [0.2, 0.25) is 0 Å². The Balaban J connectivity index is 1.84. The van der Waals surface area contributed by atoms with Gasteiger partial charge in [0.25, 0.3) is 0 Å². The molecule has 2 nitrogen and oxygen atoms in total. The molecule has 0 aromatic heterocycles. The summed E-state index contributed by atoms with van der Waals surface area (Å²) in [5.74, 6) is 0. The zero-order chi connectivity index (χ0) is 13.7. The maximum absolute atomic E-state index is 2.60. The van der Waals surface area contributed by atoms with Gasteiger partial charge in [-0.2, -0.15) is 0 Å². The molecule has 0 spiro atoms. The molecule has 1 saturated heterocycles. The molecule has 4 rings (SSSR count). The Morgan fingerprint density at radius 1 is 1.00 bits per heavy atom. The normalized spacial score (nSPS) is 27.5. The fourth-order valence-electron chi connectivity index (χ4n) is 3.79. The average molecular weight is 264 g/mol. The number of aryl methyl sites for hydroxylation is 1. The molecule has 0 saturated carbocycles. The fraction of sp³-hybridized carbons (Fsp3) is 0.333. The van der Waals surface area contributed by atoms with Gasteiger partial charge in [0.1, 0.15) is 0 Å². The van der Waals surface area contributed by atoms with Crippen molar-refractivity contribution in [1.82, 2.24) is 4.90 Å². The Labute approximate surface area is 120 Å². The average Bonchev–Trinajstić information content (AvgIpc) is 2.73. The summed E-state index contributed by atoms with van der Waals surface area (Å²) in [6.45, 7) is 6.77. The van der Waals surface area contributed by atoms with E-state index in [2.05, 4.69) is 72.2 Å². The van der Waals surface area contributed by atoms with Crippen LogP contribution in [0.5, 0.6) is 0 Å². The molecule has 2 heteroatoms. The number of para-hydroxylation sites is 1. The van der Waals surface area contributed by atoms with Crippen molar-refractivity contribution in [3.05, 3.63) is 65.2 Å². The quantitative estimate of drug-likeness (QED) is 0.774. The Morgan fingerprint density at radius 2 is 1.75 bits per heavy atom. The van der Waals surface area contributed by atoms with E-state index in [1.165, 1.54) is 22.4 Å². The van der Waals surface area contributed by atoms with Gasteiger partial charge in [0, 0.05) is 18.8 Å². The van der Waals surface area contributed by atoms with Crippen molar-refractivity contribution in [2.24, 2.45) is 0 Å². The highest BCUT2D eigenvalue weighted by molar-refractivity contribution is 5.58. The SMILES string of the molecule is Cc1ccccc1N1C2CN(Cc3ccccc32)[C@@H]1C. The molecule has 1 fully saturated rings. The third kappa shape index (κ3) is 1.61. The summed E-state index contributed by atoms with van der Waals surface area (Å²) in [6, 6.07) is 18.2. The minimum atomic E-state index is 0.466. The molecule has 2 aromatic rings. The second-order valence-corrected chi connectivity index (χ2v) is 5.97. The van der Waals surface area contributed by atoms with Gasteiger partial charge in [-0.25, -0.2) is 0 Å². The van der Waals surface area contributed by atoms with E-state index >= 15 is 0 Å². The van der Waals surface area contributed by atoms with Crippen LogP contribution in [-0.4, -0.2) is 17.6 Å². The summed E-state index contributed by atoms with van der Waals surface area (Å²) < 4.78 is 0. The van der Waals surface area contributed by atoms with Crippen molar-refractivity contribution in [2.45, 2.75) is 32.6 Å². The van der Waals surface area contributed by atoms with Crippen molar-refractivity contribution < 1.29 is 0 Å². The van der Waals surface area contributed by atoms with E-state index in [9.17, 15) is 0 Å². The van der Waals surface area contributed by atoms with Gasteiger partial charge in [-0.15, -0.1) is 0 Å². The van der Waals surface area contributed by atoms with E-state index in [0.717, 1.165) is 13.1 Å². The highest BCUT2D eigenvalue weighted by Crippen LogP contribution is 2.43. The lowest BCUT2D eigenvalue weighted by molar-refractivity contribution is 0.252. The molecule has 2 heterocycles. The number of anilines is 1. The summed E-state index contributed by atoms with van der Waals surface area (Å²) >= 11 is 0. The van der Waals surface area contributed by atoms with Gasteiger partial charge in [-0.05, 0) is 36.6 Å².